The summed E-state index contributed by atoms with van der Waals surface area (Å²) in [6.07, 6.45) is 5.70. The lowest BCUT2D eigenvalue weighted by Gasteiger charge is -2.24. The van der Waals surface area contributed by atoms with Crippen LogP contribution in [0.5, 0.6) is 0 Å². The number of halogens is 1. The zero-order valence-electron chi connectivity index (χ0n) is 13.6. The van der Waals surface area contributed by atoms with Crippen molar-refractivity contribution in [1.82, 2.24) is 0 Å². The van der Waals surface area contributed by atoms with Crippen LogP contribution >= 0.6 is 11.6 Å². The molecule has 2 N–H and O–H groups in total. The Morgan fingerprint density at radius 3 is 2.52 bits per heavy atom. The van der Waals surface area contributed by atoms with Gasteiger partial charge in [0.05, 0.1) is 22.5 Å². The summed E-state index contributed by atoms with van der Waals surface area (Å²) in [6, 6.07) is 4.98. The van der Waals surface area contributed by atoms with Gasteiger partial charge >= 0.3 is 5.97 Å². The standard InChI is InChI=1S/C18H19ClN2O4/c19-14-10-11(7-8-15(14)21-9-3-6-16(21)22)20-17(23)12-4-1-2-5-13(12)18(24)25/h1-2,7-8,10,12-13H,3-6,9H2,(H,20,23)(H,24,25)/t12-,13+/m1/s1. The highest BCUT2D eigenvalue weighted by Crippen LogP contribution is 2.33. The van der Waals surface area contributed by atoms with Crippen LogP contribution in [0.3, 0.4) is 0 Å². The first kappa shape index (κ1) is 17.5. The Hall–Kier alpha value is -2.34. The van der Waals surface area contributed by atoms with Crippen molar-refractivity contribution in [3.05, 3.63) is 35.4 Å². The molecule has 0 unspecified atom stereocenters. The van der Waals surface area contributed by atoms with E-state index < -0.39 is 17.8 Å². The molecule has 0 bridgehead atoms. The van der Waals surface area contributed by atoms with Crippen molar-refractivity contribution in [2.24, 2.45) is 11.8 Å². The number of benzene rings is 1. The van der Waals surface area contributed by atoms with Gasteiger partial charge in [0, 0.05) is 18.7 Å². The smallest absolute Gasteiger partial charge is 0.307 e. The first-order chi connectivity index (χ1) is 12.0. The number of aliphatic carboxylic acids is 1. The minimum Gasteiger partial charge on any atom is -0.481 e. The van der Waals surface area contributed by atoms with Gasteiger partial charge in [-0.3, -0.25) is 14.4 Å². The average Bonchev–Trinajstić information content (AvgIpc) is 3.01. The number of carbonyl (C=O) groups excluding carboxylic acids is 2. The van der Waals surface area contributed by atoms with E-state index in [1.165, 1.54) is 0 Å². The quantitative estimate of drug-likeness (QED) is 0.806. The molecule has 6 nitrogen and oxygen atoms in total. The van der Waals surface area contributed by atoms with E-state index in [9.17, 15) is 19.5 Å². The molecule has 1 saturated heterocycles. The minimum atomic E-state index is -0.967. The molecule has 2 amide bonds. The molecule has 3 rings (SSSR count). The van der Waals surface area contributed by atoms with Crippen molar-refractivity contribution < 1.29 is 19.5 Å². The summed E-state index contributed by atoms with van der Waals surface area (Å²) in [5.41, 5.74) is 1.12. The number of hydrogen-bond donors (Lipinski definition) is 2. The fraction of sp³-hybridized carbons (Fsp3) is 0.389. The Morgan fingerprint density at radius 1 is 1.20 bits per heavy atom. The monoisotopic (exact) mass is 362 g/mol. The molecule has 25 heavy (non-hydrogen) atoms. The summed E-state index contributed by atoms with van der Waals surface area (Å²) in [5.74, 6) is -2.59. The summed E-state index contributed by atoms with van der Waals surface area (Å²) in [4.78, 5) is 37.3. The third-order valence-corrected chi connectivity index (χ3v) is 4.97. The van der Waals surface area contributed by atoms with Crippen LogP contribution in [0.1, 0.15) is 25.7 Å². The summed E-state index contributed by atoms with van der Waals surface area (Å²) in [7, 11) is 0. The Labute approximate surface area is 150 Å². The van der Waals surface area contributed by atoms with Crippen LogP contribution in [0.2, 0.25) is 5.02 Å². The normalized spacial score (nSPS) is 22.9. The van der Waals surface area contributed by atoms with E-state index >= 15 is 0 Å². The van der Waals surface area contributed by atoms with Crippen LogP contribution in [0, 0.1) is 11.8 Å². The first-order valence-electron chi connectivity index (χ1n) is 8.26. The molecule has 1 aliphatic heterocycles. The molecule has 0 saturated carbocycles. The summed E-state index contributed by atoms with van der Waals surface area (Å²) in [6.45, 7) is 0.638. The Bertz CT molecular complexity index is 747. The number of nitrogens with one attached hydrogen (secondary N) is 1. The zero-order valence-corrected chi connectivity index (χ0v) is 14.3. The van der Waals surface area contributed by atoms with E-state index in [0.29, 0.717) is 42.2 Å². The van der Waals surface area contributed by atoms with Gasteiger partial charge in [0.2, 0.25) is 11.8 Å². The van der Waals surface area contributed by atoms with E-state index in [1.807, 2.05) is 6.08 Å². The van der Waals surface area contributed by atoms with E-state index in [4.69, 9.17) is 11.6 Å². The molecule has 132 valence electrons. The molecule has 1 aromatic carbocycles. The topological polar surface area (TPSA) is 86.7 Å². The van der Waals surface area contributed by atoms with E-state index in [1.54, 1.807) is 29.2 Å². The number of carboxylic acids is 1. The van der Waals surface area contributed by atoms with Gasteiger partial charge in [0.1, 0.15) is 0 Å². The van der Waals surface area contributed by atoms with Crippen molar-refractivity contribution in [2.75, 3.05) is 16.8 Å². The Morgan fingerprint density at radius 2 is 1.92 bits per heavy atom. The number of allylic oxidation sites excluding steroid dienone is 2. The van der Waals surface area contributed by atoms with Crippen molar-refractivity contribution in [1.29, 1.82) is 0 Å². The minimum absolute atomic E-state index is 0.0389. The Balaban J connectivity index is 1.73. The van der Waals surface area contributed by atoms with Gasteiger partial charge in [-0.1, -0.05) is 23.8 Å². The molecular formula is C18H19ClN2O4. The molecule has 0 spiro atoms. The lowest BCUT2D eigenvalue weighted by Crippen LogP contribution is -2.34. The van der Waals surface area contributed by atoms with Crippen LogP contribution in [0.4, 0.5) is 11.4 Å². The summed E-state index contributed by atoms with van der Waals surface area (Å²) < 4.78 is 0. The fourth-order valence-corrected chi connectivity index (χ4v) is 3.60. The van der Waals surface area contributed by atoms with Crippen LogP contribution in [0.15, 0.2) is 30.4 Å². The molecule has 0 radical (unpaired) electrons. The van der Waals surface area contributed by atoms with Crippen LogP contribution in [-0.4, -0.2) is 29.4 Å². The third-order valence-electron chi connectivity index (χ3n) is 4.67. The molecule has 2 atom stereocenters. The second-order valence-corrected chi connectivity index (χ2v) is 6.71. The average molecular weight is 363 g/mol. The molecule has 0 aromatic heterocycles. The van der Waals surface area contributed by atoms with Crippen molar-refractivity contribution in [3.8, 4) is 0 Å². The molecule has 1 aliphatic carbocycles. The number of amides is 2. The number of carbonyl (C=O) groups is 3. The van der Waals surface area contributed by atoms with Gasteiger partial charge in [-0.15, -0.1) is 0 Å². The second-order valence-electron chi connectivity index (χ2n) is 6.30. The fourth-order valence-electron chi connectivity index (χ4n) is 3.32. The molecular weight excluding hydrogens is 344 g/mol. The van der Waals surface area contributed by atoms with Gasteiger partial charge in [0.25, 0.3) is 0 Å². The van der Waals surface area contributed by atoms with Crippen molar-refractivity contribution >= 4 is 40.8 Å². The zero-order chi connectivity index (χ0) is 18.0. The number of rotatable bonds is 4. The van der Waals surface area contributed by atoms with Crippen molar-refractivity contribution in [3.63, 3.8) is 0 Å². The molecule has 1 fully saturated rings. The maximum absolute atomic E-state index is 12.5. The van der Waals surface area contributed by atoms with Crippen molar-refractivity contribution in [2.45, 2.75) is 25.7 Å². The van der Waals surface area contributed by atoms with Crippen LogP contribution in [-0.2, 0) is 14.4 Å². The number of anilines is 2. The highest BCUT2D eigenvalue weighted by molar-refractivity contribution is 6.34. The summed E-state index contributed by atoms with van der Waals surface area (Å²) >= 11 is 6.27. The van der Waals surface area contributed by atoms with E-state index in [-0.39, 0.29) is 11.8 Å². The number of nitrogens with zero attached hydrogens (tertiary/aromatic N) is 1. The van der Waals surface area contributed by atoms with Crippen LogP contribution < -0.4 is 10.2 Å². The third kappa shape index (κ3) is 3.69. The highest BCUT2D eigenvalue weighted by Gasteiger charge is 2.34. The SMILES string of the molecule is O=C(O)[C@H]1CC=CC[C@H]1C(=O)Nc1ccc(N2CCCC2=O)c(Cl)c1. The second kappa shape index (κ2) is 7.27. The van der Waals surface area contributed by atoms with E-state index in [2.05, 4.69) is 5.32 Å². The number of carboxylic acid groups (broad SMARTS) is 1. The predicted molar refractivity (Wildman–Crippen MR) is 94.7 cm³/mol. The molecule has 2 aliphatic rings. The van der Waals surface area contributed by atoms with Gasteiger partial charge in [-0.05, 0) is 37.5 Å². The maximum atomic E-state index is 12.5. The largest absolute Gasteiger partial charge is 0.481 e. The molecule has 7 heteroatoms. The lowest BCUT2D eigenvalue weighted by atomic mass is 9.82. The summed E-state index contributed by atoms with van der Waals surface area (Å²) in [5, 5.41) is 12.4. The van der Waals surface area contributed by atoms with Gasteiger partial charge < -0.3 is 15.3 Å². The Kier molecular flexibility index (Phi) is 5.08. The van der Waals surface area contributed by atoms with Crippen LogP contribution in [0.25, 0.3) is 0 Å². The van der Waals surface area contributed by atoms with Gasteiger partial charge in [-0.2, -0.15) is 0 Å². The molecule has 1 aromatic rings. The molecule has 1 heterocycles. The number of hydrogen-bond acceptors (Lipinski definition) is 3. The van der Waals surface area contributed by atoms with E-state index in [0.717, 1.165) is 6.42 Å². The van der Waals surface area contributed by atoms with Gasteiger partial charge in [-0.25, -0.2) is 0 Å². The van der Waals surface area contributed by atoms with Gasteiger partial charge in [0.15, 0.2) is 0 Å². The first-order valence-corrected chi connectivity index (χ1v) is 8.63. The lowest BCUT2D eigenvalue weighted by molar-refractivity contribution is -0.146. The predicted octanol–water partition coefficient (Wildman–Crippen LogP) is 3.07. The highest BCUT2D eigenvalue weighted by atomic mass is 35.5. The maximum Gasteiger partial charge on any atom is 0.307 e.